The largest absolute Gasteiger partial charge is 0.450 e. The van der Waals surface area contributed by atoms with Gasteiger partial charge < -0.3 is 25.4 Å². The predicted molar refractivity (Wildman–Crippen MR) is 107 cm³/mol. The number of alkyl carbamates (subject to hydrolysis) is 1. The van der Waals surface area contributed by atoms with Gasteiger partial charge in [0.05, 0.1) is 6.61 Å². The molecular weight excluding hydrogens is 362 g/mol. The van der Waals surface area contributed by atoms with Gasteiger partial charge in [-0.15, -0.1) is 0 Å². The second-order valence-electron chi connectivity index (χ2n) is 6.46. The molecule has 1 atom stereocenters. The van der Waals surface area contributed by atoms with Crippen LogP contribution in [0, 0.1) is 5.92 Å². The molecule has 28 heavy (non-hydrogen) atoms. The van der Waals surface area contributed by atoms with E-state index in [9.17, 15) is 14.4 Å². The number of anilines is 1. The third-order valence-electron chi connectivity index (χ3n) is 3.85. The zero-order chi connectivity index (χ0) is 20.9. The van der Waals surface area contributed by atoms with Crippen molar-refractivity contribution in [2.24, 2.45) is 5.92 Å². The van der Waals surface area contributed by atoms with Crippen LogP contribution in [0.25, 0.3) is 0 Å². The summed E-state index contributed by atoms with van der Waals surface area (Å²) in [7, 11) is 0. The summed E-state index contributed by atoms with van der Waals surface area (Å²) >= 11 is 0. The molecule has 3 N–H and O–H groups in total. The second kappa shape index (κ2) is 12.7. The maximum Gasteiger partial charge on any atom is 0.407 e. The minimum absolute atomic E-state index is 0.138. The van der Waals surface area contributed by atoms with Gasteiger partial charge in [-0.3, -0.25) is 9.59 Å². The van der Waals surface area contributed by atoms with Gasteiger partial charge >= 0.3 is 6.09 Å². The molecular formula is C20H31N3O5. The fourth-order valence-electron chi connectivity index (χ4n) is 2.42. The Kier molecular flexibility index (Phi) is 10.6. The van der Waals surface area contributed by atoms with Crippen LogP contribution in [0.2, 0.25) is 0 Å². The van der Waals surface area contributed by atoms with E-state index in [0.717, 1.165) is 6.42 Å². The summed E-state index contributed by atoms with van der Waals surface area (Å²) in [5.74, 6) is -0.740. The highest BCUT2D eigenvalue weighted by Crippen LogP contribution is 2.13. The van der Waals surface area contributed by atoms with Crippen molar-refractivity contribution in [1.29, 1.82) is 0 Å². The van der Waals surface area contributed by atoms with Crippen molar-refractivity contribution in [3.63, 3.8) is 0 Å². The van der Waals surface area contributed by atoms with Crippen molar-refractivity contribution in [3.05, 3.63) is 29.8 Å². The lowest BCUT2D eigenvalue weighted by atomic mass is 10.0. The average Bonchev–Trinajstić information content (AvgIpc) is 2.66. The van der Waals surface area contributed by atoms with E-state index in [0.29, 0.717) is 31.0 Å². The summed E-state index contributed by atoms with van der Waals surface area (Å²) in [4.78, 5) is 36.4. The lowest BCUT2D eigenvalue weighted by molar-refractivity contribution is -0.119. The molecule has 0 aliphatic heterocycles. The minimum Gasteiger partial charge on any atom is -0.450 e. The SMILES string of the molecule is CCOCCCNC(=O)c1cccc(NC(=O)C(NC(=O)OCC)C(C)C)c1. The van der Waals surface area contributed by atoms with Gasteiger partial charge in [0.15, 0.2) is 0 Å². The highest BCUT2D eigenvalue weighted by molar-refractivity contribution is 5.99. The van der Waals surface area contributed by atoms with E-state index in [4.69, 9.17) is 9.47 Å². The van der Waals surface area contributed by atoms with Crippen molar-refractivity contribution >= 4 is 23.6 Å². The average molecular weight is 393 g/mol. The number of carbonyl (C=O) groups is 3. The van der Waals surface area contributed by atoms with E-state index >= 15 is 0 Å². The molecule has 3 amide bonds. The standard InChI is InChI=1S/C20H31N3O5/c1-5-27-12-8-11-21-18(24)15-9-7-10-16(13-15)22-19(25)17(14(3)4)23-20(26)28-6-2/h7,9-10,13-14,17H,5-6,8,11-12H2,1-4H3,(H,21,24)(H,22,25)(H,23,26). The van der Waals surface area contributed by atoms with Crippen molar-refractivity contribution in [3.8, 4) is 0 Å². The van der Waals surface area contributed by atoms with Gasteiger partial charge in [0.1, 0.15) is 6.04 Å². The molecule has 0 spiro atoms. The molecule has 156 valence electrons. The predicted octanol–water partition coefficient (Wildman–Crippen LogP) is 2.55. The van der Waals surface area contributed by atoms with Crippen molar-refractivity contribution in [1.82, 2.24) is 10.6 Å². The molecule has 0 fully saturated rings. The van der Waals surface area contributed by atoms with Crippen LogP contribution in [0.15, 0.2) is 24.3 Å². The number of nitrogens with one attached hydrogen (secondary N) is 3. The fourth-order valence-corrected chi connectivity index (χ4v) is 2.42. The third kappa shape index (κ3) is 8.39. The molecule has 1 aromatic rings. The Labute approximate surface area is 166 Å². The first-order chi connectivity index (χ1) is 13.4. The third-order valence-corrected chi connectivity index (χ3v) is 3.85. The Morgan fingerprint density at radius 2 is 1.86 bits per heavy atom. The van der Waals surface area contributed by atoms with Gasteiger partial charge in [0, 0.05) is 31.0 Å². The molecule has 0 aromatic heterocycles. The Morgan fingerprint density at radius 3 is 2.50 bits per heavy atom. The summed E-state index contributed by atoms with van der Waals surface area (Å²) in [5, 5.41) is 8.11. The van der Waals surface area contributed by atoms with Gasteiger partial charge in [0.2, 0.25) is 5.91 Å². The Bertz CT molecular complexity index is 648. The second-order valence-corrected chi connectivity index (χ2v) is 6.46. The van der Waals surface area contributed by atoms with Gasteiger partial charge in [-0.2, -0.15) is 0 Å². The first-order valence-corrected chi connectivity index (χ1v) is 9.59. The molecule has 1 unspecified atom stereocenters. The summed E-state index contributed by atoms with van der Waals surface area (Å²) < 4.78 is 10.1. The van der Waals surface area contributed by atoms with Gasteiger partial charge in [-0.25, -0.2) is 4.79 Å². The lowest BCUT2D eigenvalue weighted by Crippen LogP contribution is -2.47. The van der Waals surface area contributed by atoms with E-state index in [1.54, 1.807) is 31.2 Å². The van der Waals surface area contributed by atoms with Gasteiger partial charge in [0.25, 0.3) is 5.91 Å². The van der Waals surface area contributed by atoms with Crippen LogP contribution in [0.5, 0.6) is 0 Å². The molecule has 0 aliphatic carbocycles. The molecule has 1 aromatic carbocycles. The zero-order valence-electron chi connectivity index (χ0n) is 17.0. The number of rotatable bonds is 11. The van der Waals surface area contributed by atoms with Gasteiger partial charge in [-0.1, -0.05) is 19.9 Å². The fraction of sp³-hybridized carbons (Fsp3) is 0.550. The maximum absolute atomic E-state index is 12.6. The lowest BCUT2D eigenvalue weighted by Gasteiger charge is -2.21. The molecule has 0 saturated carbocycles. The molecule has 0 aliphatic rings. The van der Waals surface area contributed by atoms with Crippen LogP contribution < -0.4 is 16.0 Å². The van der Waals surface area contributed by atoms with Crippen LogP contribution in [0.4, 0.5) is 10.5 Å². The summed E-state index contributed by atoms with van der Waals surface area (Å²) in [6.45, 7) is 9.23. The normalized spacial score (nSPS) is 11.6. The molecule has 1 rings (SSSR count). The molecule has 0 radical (unpaired) electrons. The molecule has 8 nitrogen and oxygen atoms in total. The summed E-state index contributed by atoms with van der Waals surface area (Å²) in [6, 6.07) is 5.89. The molecule has 8 heteroatoms. The first-order valence-electron chi connectivity index (χ1n) is 9.59. The van der Waals surface area contributed by atoms with Crippen LogP contribution in [-0.4, -0.2) is 50.3 Å². The van der Waals surface area contributed by atoms with Crippen LogP contribution >= 0.6 is 0 Å². The smallest absolute Gasteiger partial charge is 0.407 e. The Balaban J connectivity index is 2.67. The van der Waals surface area contributed by atoms with E-state index in [-0.39, 0.29) is 24.3 Å². The number of hydrogen-bond donors (Lipinski definition) is 3. The number of carbonyl (C=O) groups excluding carboxylic acids is 3. The first kappa shape index (κ1) is 23.4. The van der Waals surface area contributed by atoms with E-state index in [2.05, 4.69) is 16.0 Å². The summed E-state index contributed by atoms with van der Waals surface area (Å²) in [6.07, 6.45) is 0.0857. The molecule has 0 heterocycles. The maximum atomic E-state index is 12.6. The number of amides is 3. The number of ether oxygens (including phenoxy) is 2. The van der Waals surface area contributed by atoms with E-state index in [1.807, 2.05) is 20.8 Å². The van der Waals surface area contributed by atoms with Crippen molar-refractivity contribution in [2.75, 3.05) is 31.7 Å². The highest BCUT2D eigenvalue weighted by atomic mass is 16.5. The van der Waals surface area contributed by atoms with Crippen LogP contribution in [0.1, 0.15) is 44.5 Å². The monoisotopic (exact) mass is 393 g/mol. The number of benzene rings is 1. The summed E-state index contributed by atoms with van der Waals surface area (Å²) in [5.41, 5.74) is 0.914. The van der Waals surface area contributed by atoms with Crippen LogP contribution in [0.3, 0.4) is 0 Å². The van der Waals surface area contributed by atoms with Gasteiger partial charge in [-0.05, 0) is 44.4 Å². The van der Waals surface area contributed by atoms with Crippen LogP contribution in [-0.2, 0) is 14.3 Å². The Morgan fingerprint density at radius 1 is 1.11 bits per heavy atom. The Hall–Kier alpha value is -2.61. The van der Waals surface area contributed by atoms with Crippen molar-refractivity contribution in [2.45, 2.75) is 40.2 Å². The van der Waals surface area contributed by atoms with Crippen molar-refractivity contribution < 1.29 is 23.9 Å². The van der Waals surface area contributed by atoms with E-state index < -0.39 is 12.1 Å². The highest BCUT2D eigenvalue weighted by Gasteiger charge is 2.25. The molecule has 0 bridgehead atoms. The van der Waals surface area contributed by atoms with E-state index in [1.165, 1.54) is 0 Å². The number of hydrogen-bond acceptors (Lipinski definition) is 5. The minimum atomic E-state index is -0.755. The quantitative estimate of drug-likeness (QED) is 0.501. The topological polar surface area (TPSA) is 106 Å². The zero-order valence-corrected chi connectivity index (χ0v) is 17.0. The molecule has 0 saturated heterocycles.